The molecule has 1 heterocycles. The normalized spacial score (nSPS) is 42.0. The highest BCUT2D eigenvalue weighted by molar-refractivity contribution is 7.80. The zero-order chi connectivity index (χ0) is 8.43. The Kier molecular flexibility index (Phi) is 3.26. The molecule has 0 aromatic heterocycles. The molecule has 0 aromatic carbocycles. The summed E-state index contributed by atoms with van der Waals surface area (Å²) in [7, 11) is 0. The van der Waals surface area contributed by atoms with Crippen molar-refractivity contribution in [3.63, 3.8) is 0 Å². The number of hydrogen-bond acceptors (Lipinski definition) is 2. The van der Waals surface area contributed by atoms with Crippen LogP contribution in [-0.2, 0) is 4.74 Å². The van der Waals surface area contributed by atoms with Gasteiger partial charge in [-0.1, -0.05) is 6.92 Å². The van der Waals surface area contributed by atoms with Crippen LogP contribution in [0.1, 0.15) is 33.6 Å². The van der Waals surface area contributed by atoms with Crippen LogP contribution in [0.2, 0.25) is 0 Å². The van der Waals surface area contributed by atoms with Crippen molar-refractivity contribution < 1.29 is 4.74 Å². The van der Waals surface area contributed by atoms with E-state index in [9.17, 15) is 0 Å². The molecule has 0 aromatic rings. The topological polar surface area (TPSA) is 9.23 Å². The van der Waals surface area contributed by atoms with Gasteiger partial charge in [-0.25, -0.2) is 0 Å². The fourth-order valence-corrected chi connectivity index (χ4v) is 2.09. The van der Waals surface area contributed by atoms with Crippen LogP contribution >= 0.6 is 12.6 Å². The van der Waals surface area contributed by atoms with Crippen molar-refractivity contribution in [2.45, 2.75) is 51.1 Å². The van der Waals surface area contributed by atoms with E-state index in [-0.39, 0.29) is 0 Å². The summed E-state index contributed by atoms with van der Waals surface area (Å²) in [6, 6.07) is 0. The van der Waals surface area contributed by atoms with E-state index in [0.717, 1.165) is 5.92 Å². The van der Waals surface area contributed by atoms with Crippen LogP contribution in [0.4, 0.5) is 0 Å². The van der Waals surface area contributed by atoms with Crippen molar-refractivity contribution in [1.82, 2.24) is 0 Å². The number of thiol groups is 1. The molecule has 4 atom stereocenters. The van der Waals surface area contributed by atoms with Gasteiger partial charge in [-0.05, 0) is 32.6 Å². The summed E-state index contributed by atoms with van der Waals surface area (Å²) in [4.78, 5) is 0. The molecule has 0 aliphatic carbocycles. The third-order valence-corrected chi connectivity index (χ3v) is 2.84. The van der Waals surface area contributed by atoms with E-state index in [4.69, 9.17) is 4.74 Å². The molecule has 1 aliphatic rings. The molecule has 0 N–H and O–H groups in total. The fourth-order valence-electron chi connectivity index (χ4n) is 1.85. The average Bonchev–Trinajstić information content (AvgIpc) is 1.85. The van der Waals surface area contributed by atoms with Crippen molar-refractivity contribution in [3.05, 3.63) is 0 Å². The second kappa shape index (κ2) is 3.81. The monoisotopic (exact) mass is 174 g/mol. The molecule has 0 spiro atoms. The summed E-state index contributed by atoms with van der Waals surface area (Å²) >= 11 is 4.47. The van der Waals surface area contributed by atoms with Crippen molar-refractivity contribution in [1.29, 1.82) is 0 Å². The van der Waals surface area contributed by atoms with Gasteiger partial charge < -0.3 is 4.74 Å². The molecule has 0 radical (unpaired) electrons. The summed E-state index contributed by atoms with van der Waals surface area (Å²) in [6.07, 6.45) is 3.21. The van der Waals surface area contributed by atoms with Crippen LogP contribution < -0.4 is 0 Å². The minimum atomic E-state index is 0.429. The molecule has 2 unspecified atom stereocenters. The van der Waals surface area contributed by atoms with E-state index in [1.807, 2.05) is 0 Å². The lowest BCUT2D eigenvalue weighted by molar-refractivity contribution is -0.0514. The maximum Gasteiger partial charge on any atom is 0.0553 e. The zero-order valence-electron chi connectivity index (χ0n) is 7.58. The Hall–Kier alpha value is 0.310. The third kappa shape index (κ3) is 2.68. The fraction of sp³-hybridized carbons (Fsp3) is 1.00. The molecule has 0 saturated carbocycles. The van der Waals surface area contributed by atoms with Crippen LogP contribution in [0.25, 0.3) is 0 Å². The second-order valence-electron chi connectivity index (χ2n) is 3.73. The first-order chi connectivity index (χ1) is 5.09. The van der Waals surface area contributed by atoms with Gasteiger partial charge in [0.15, 0.2) is 0 Å². The molecule has 1 aliphatic heterocycles. The van der Waals surface area contributed by atoms with Gasteiger partial charge in [0.05, 0.1) is 12.2 Å². The molecule has 1 nitrogen and oxygen atoms in total. The Bertz CT molecular complexity index is 115. The Morgan fingerprint density at radius 2 is 1.73 bits per heavy atom. The minimum absolute atomic E-state index is 0.429. The van der Waals surface area contributed by atoms with E-state index in [0.29, 0.717) is 17.5 Å². The molecule has 2 heteroatoms. The Balaban J connectivity index is 2.43. The predicted molar refractivity (Wildman–Crippen MR) is 51.2 cm³/mol. The molecule has 1 rings (SSSR count). The smallest absolute Gasteiger partial charge is 0.0553 e. The van der Waals surface area contributed by atoms with E-state index < -0.39 is 0 Å². The largest absolute Gasteiger partial charge is 0.376 e. The molecule has 11 heavy (non-hydrogen) atoms. The Morgan fingerprint density at radius 3 is 2.09 bits per heavy atom. The lowest BCUT2D eigenvalue weighted by Crippen LogP contribution is -2.32. The van der Waals surface area contributed by atoms with Gasteiger partial charge in [-0.2, -0.15) is 12.6 Å². The van der Waals surface area contributed by atoms with Gasteiger partial charge in [0.1, 0.15) is 0 Å². The van der Waals surface area contributed by atoms with Crippen molar-refractivity contribution >= 4 is 12.6 Å². The summed E-state index contributed by atoms with van der Waals surface area (Å²) in [6.45, 7) is 6.48. The van der Waals surface area contributed by atoms with Gasteiger partial charge in [-0.3, -0.25) is 0 Å². The average molecular weight is 174 g/mol. The molecule has 0 amide bonds. The molecular formula is C9H18OS. The van der Waals surface area contributed by atoms with Crippen molar-refractivity contribution in [2.75, 3.05) is 0 Å². The summed E-state index contributed by atoms with van der Waals surface area (Å²) in [5.41, 5.74) is 0. The highest BCUT2D eigenvalue weighted by Crippen LogP contribution is 2.29. The maximum atomic E-state index is 5.63. The predicted octanol–water partition coefficient (Wildman–Crippen LogP) is 2.51. The summed E-state index contributed by atoms with van der Waals surface area (Å²) < 4.78 is 5.63. The van der Waals surface area contributed by atoms with E-state index in [1.165, 1.54) is 12.8 Å². The van der Waals surface area contributed by atoms with Gasteiger partial charge in [0, 0.05) is 5.25 Å². The molecule has 1 fully saturated rings. The van der Waals surface area contributed by atoms with Crippen LogP contribution in [-0.4, -0.2) is 17.5 Å². The van der Waals surface area contributed by atoms with Crippen LogP contribution in [0.3, 0.4) is 0 Å². The molecular weight excluding hydrogens is 156 g/mol. The van der Waals surface area contributed by atoms with Crippen LogP contribution in [0.15, 0.2) is 0 Å². The maximum absolute atomic E-state index is 5.63. The first-order valence-corrected chi connectivity index (χ1v) is 4.94. The zero-order valence-corrected chi connectivity index (χ0v) is 8.47. The van der Waals surface area contributed by atoms with E-state index in [1.54, 1.807) is 0 Å². The standard InChI is InChI=1S/C9H18OS/c1-6-4-9(8(3)11)5-7(2)10-6/h6-9,11H,4-5H2,1-3H3/t6-,7+,8?,9?. The van der Waals surface area contributed by atoms with Gasteiger partial charge in [0.2, 0.25) is 0 Å². The van der Waals surface area contributed by atoms with Gasteiger partial charge in [0.25, 0.3) is 0 Å². The third-order valence-electron chi connectivity index (χ3n) is 2.42. The summed E-state index contributed by atoms with van der Waals surface area (Å²) in [5, 5.41) is 0.517. The quantitative estimate of drug-likeness (QED) is 0.601. The number of ether oxygens (including phenoxy) is 1. The second-order valence-corrected chi connectivity index (χ2v) is 4.54. The van der Waals surface area contributed by atoms with Crippen LogP contribution in [0, 0.1) is 5.92 Å². The molecule has 66 valence electrons. The molecule has 1 saturated heterocycles. The van der Waals surface area contributed by atoms with E-state index >= 15 is 0 Å². The van der Waals surface area contributed by atoms with Crippen molar-refractivity contribution in [2.24, 2.45) is 5.92 Å². The number of hydrogen-bond donors (Lipinski definition) is 1. The first-order valence-electron chi connectivity index (χ1n) is 4.43. The van der Waals surface area contributed by atoms with Crippen molar-refractivity contribution in [3.8, 4) is 0 Å². The molecule has 0 bridgehead atoms. The lowest BCUT2D eigenvalue weighted by Gasteiger charge is -2.33. The van der Waals surface area contributed by atoms with Gasteiger partial charge >= 0.3 is 0 Å². The van der Waals surface area contributed by atoms with Crippen LogP contribution in [0.5, 0.6) is 0 Å². The highest BCUT2D eigenvalue weighted by atomic mass is 32.1. The summed E-state index contributed by atoms with van der Waals surface area (Å²) in [5.74, 6) is 0.747. The Labute approximate surface area is 74.9 Å². The minimum Gasteiger partial charge on any atom is -0.376 e. The Morgan fingerprint density at radius 1 is 1.27 bits per heavy atom. The van der Waals surface area contributed by atoms with E-state index in [2.05, 4.69) is 33.4 Å². The number of rotatable bonds is 1. The first kappa shape index (κ1) is 9.40. The lowest BCUT2D eigenvalue weighted by atomic mass is 9.90. The SMILES string of the molecule is CC(S)C1C[C@@H](C)O[C@@H](C)C1. The van der Waals surface area contributed by atoms with Gasteiger partial charge in [-0.15, -0.1) is 0 Å². The highest BCUT2D eigenvalue weighted by Gasteiger charge is 2.26.